The van der Waals surface area contributed by atoms with Crippen molar-refractivity contribution in [2.75, 3.05) is 0 Å². The lowest BCUT2D eigenvalue weighted by Crippen LogP contribution is -2.38. The number of carbonyl (C=O) groups excluding carboxylic acids is 2. The van der Waals surface area contributed by atoms with E-state index in [4.69, 9.17) is 4.42 Å². The summed E-state index contributed by atoms with van der Waals surface area (Å²) in [5, 5.41) is 2.24. The highest BCUT2D eigenvalue weighted by molar-refractivity contribution is 6.09. The molecular formula is C13H15NO4. The molecule has 2 amide bonds. The van der Waals surface area contributed by atoms with Crippen LogP contribution in [0.5, 0.6) is 0 Å². The average molecular weight is 249 g/mol. The zero-order valence-electron chi connectivity index (χ0n) is 10.4. The maximum Gasteiger partial charge on any atom is 0.336 e. The molecule has 1 aromatic heterocycles. The third-order valence-corrected chi connectivity index (χ3v) is 2.91. The van der Waals surface area contributed by atoms with E-state index in [1.807, 2.05) is 0 Å². The molecule has 2 rings (SSSR count). The van der Waals surface area contributed by atoms with Crippen LogP contribution in [0.2, 0.25) is 0 Å². The Hall–Kier alpha value is -1.91. The van der Waals surface area contributed by atoms with Crippen molar-refractivity contribution in [3.8, 4) is 0 Å². The second-order valence-corrected chi connectivity index (χ2v) is 4.88. The number of carbonyl (C=O) groups is 2. The fourth-order valence-electron chi connectivity index (χ4n) is 2.01. The minimum absolute atomic E-state index is 0.0498. The van der Waals surface area contributed by atoms with Gasteiger partial charge < -0.3 is 4.42 Å². The summed E-state index contributed by atoms with van der Waals surface area (Å²) < 4.78 is 4.95. The Kier molecular flexibility index (Phi) is 3.32. The van der Waals surface area contributed by atoms with Crippen molar-refractivity contribution in [1.82, 2.24) is 5.32 Å². The van der Waals surface area contributed by atoms with Crippen LogP contribution in [0.15, 0.2) is 15.3 Å². The van der Waals surface area contributed by atoms with Crippen molar-refractivity contribution in [2.24, 2.45) is 5.92 Å². The van der Waals surface area contributed by atoms with Crippen molar-refractivity contribution in [2.45, 2.75) is 33.1 Å². The van der Waals surface area contributed by atoms with Crippen LogP contribution >= 0.6 is 0 Å². The summed E-state index contributed by atoms with van der Waals surface area (Å²) in [5.74, 6) is -0.239. The van der Waals surface area contributed by atoms with Gasteiger partial charge in [-0.15, -0.1) is 0 Å². The van der Waals surface area contributed by atoms with Crippen molar-refractivity contribution in [3.63, 3.8) is 0 Å². The SMILES string of the molecule is CC(C)CCc1cc(=O)oc2c1C(=O)NC(=O)C2. The van der Waals surface area contributed by atoms with E-state index in [0.29, 0.717) is 23.5 Å². The second-order valence-electron chi connectivity index (χ2n) is 4.88. The summed E-state index contributed by atoms with van der Waals surface area (Å²) >= 11 is 0. The van der Waals surface area contributed by atoms with Gasteiger partial charge in [-0.1, -0.05) is 13.8 Å². The minimum atomic E-state index is -0.505. The summed E-state index contributed by atoms with van der Waals surface area (Å²) in [5.41, 5.74) is 0.518. The molecule has 1 aromatic rings. The molecule has 0 aromatic carbocycles. The zero-order chi connectivity index (χ0) is 13.3. The first-order valence-corrected chi connectivity index (χ1v) is 5.97. The van der Waals surface area contributed by atoms with Gasteiger partial charge in [0.15, 0.2) is 0 Å². The number of hydrogen-bond donors (Lipinski definition) is 1. The number of amides is 2. The Balaban J connectivity index is 2.44. The fraction of sp³-hybridized carbons (Fsp3) is 0.462. The van der Waals surface area contributed by atoms with Crippen LogP contribution in [0.3, 0.4) is 0 Å². The summed E-state index contributed by atoms with van der Waals surface area (Å²) in [6, 6.07) is 1.34. The lowest BCUT2D eigenvalue weighted by molar-refractivity contribution is -0.120. The van der Waals surface area contributed by atoms with Crippen molar-refractivity contribution in [3.05, 3.63) is 33.4 Å². The molecule has 0 spiro atoms. The third kappa shape index (κ3) is 2.50. The molecule has 5 nitrogen and oxygen atoms in total. The normalized spacial score (nSPS) is 14.6. The van der Waals surface area contributed by atoms with Gasteiger partial charge in [0.25, 0.3) is 5.91 Å². The molecule has 0 saturated heterocycles. The van der Waals surface area contributed by atoms with E-state index in [-0.39, 0.29) is 12.2 Å². The monoisotopic (exact) mass is 249 g/mol. The van der Waals surface area contributed by atoms with Crippen LogP contribution in [0.1, 0.15) is 41.9 Å². The molecule has 0 fully saturated rings. The van der Waals surface area contributed by atoms with Crippen molar-refractivity contribution in [1.29, 1.82) is 0 Å². The first-order valence-electron chi connectivity index (χ1n) is 5.97. The molecule has 96 valence electrons. The molecule has 1 N–H and O–H groups in total. The molecule has 0 saturated carbocycles. The van der Waals surface area contributed by atoms with Gasteiger partial charge in [-0.25, -0.2) is 4.79 Å². The lowest BCUT2D eigenvalue weighted by atomic mass is 9.96. The van der Waals surface area contributed by atoms with Crippen molar-refractivity contribution < 1.29 is 14.0 Å². The maximum atomic E-state index is 11.8. The van der Waals surface area contributed by atoms with Gasteiger partial charge in [0.2, 0.25) is 5.91 Å². The standard InChI is InChI=1S/C13H15NO4/c1-7(2)3-4-8-5-11(16)18-9-6-10(15)14-13(17)12(8)9/h5,7H,3-4,6H2,1-2H3,(H,14,15,17). The van der Waals surface area contributed by atoms with Crippen LogP contribution in [0.25, 0.3) is 0 Å². The molecule has 0 bridgehead atoms. The fourth-order valence-corrected chi connectivity index (χ4v) is 2.01. The van der Waals surface area contributed by atoms with Gasteiger partial charge in [0.05, 0.1) is 12.0 Å². The van der Waals surface area contributed by atoms with E-state index < -0.39 is 17.4 Å². The summed E-state index contributed by atoms with van der Waals surface area (Å²) in [6.45, 7) is 4.14. The molecule has 5 heteroatoms. The minimum Gasteiger partial charge on any atom is -0.426 e. The maximum absolute atomic E-state index is 11.8. The highest BCUT2D eigenvalue weighted by atomic mass is 16.4. The first kappa shape index (κ1) is 12.5. The average Bonchev–Trinajstić information content (AvgIpc) is 2.24. The van der Waals surface area contributed by atoms with E-state index in [1.54, 1.807) is 0 Å². The van der Waals surface area contributed by atoms with Gasteiger partial charge in [0.1, 0.15) is 5.76 Å². The molecule has 0 unspecified atom stereocenters. The van der Waals surface area contributed by atoms with Crippen LogP contribution < -0.4 is 10.9 Å². The van der Waals surface area contributed by atoms with Gasteiger partial charge in [-0.05, 0) is 24.3 Å². The molecular weight excluding hydrogens is 234 g/mol. The molecule has 1 aliphatic heterocycles. The Morgan fingerprint density at radius 1 is 1.33 bits per heavy atom. The van der Waals surface area contributed by atoms with E-state index in [1.165, 1.54) is 6.07 Å². The first-order chi connectivity index (χ1) is 8.47. The van der Waals surface area contributed by atoms with Gasteiger partial charge in [0, 0.05) is 6.07 Å². The highest BCUT2D eigenvalue weighted by Crippen LogP contribution is 2.19. The second kappa shape index (κ2) is 4.76. The zero-order valence-corrected chi connectivity index (χ0v) is 10.4. The molecule has 0 radical (unpaired) electrons. The van der Waals surface area contributed by atoms with E-state index >= 15 is 0 Å². The van der Waals surface area contributed by atoms with Crippen LogP contribution in [0, 0.1) is 5.92 Å². The Morgan fingerprint density at radius 3 is 2.72 bits per heavy atom. The van der Waals surface area contributed by atoms with Crippen LogP contribution in [-0.2, 0) is 17.6 Å². The number of hydrogen-bond acceptors (Lipinski definition) is 4. The number of aryl methyl sites for hydroxylation is 1. The number of rotatable bonds is 3. The Morgan fingerprint density at radius 2 is 2.06 bits per heavy atom. The molecule has 0 aliphatic carbocycles. The highest BCUT2D eigenvalue weighted by Gasteiger charge is 2.27. The lowest BCUT2D eigenvalue weighted by Gasteiger charge is -2.17. The Bertz CT molecular complexity index is 557. The van der Waals surface area contributed by atoms with Gasteiger partial charge in [-0.3, -0.25) is 14.9 Å². The van der Waals surface area contributed by atoms with Gasteiger partial charge >= 0.3 is 5.63 Å². The predicted molar refractivity (Wildman–Crippen MR) is 64.3 cm³/mol. The Labute approximate surface area is 104 Å². The molecule has 1 aliphatic rings. The largest absolute Gasteiger partial charge is 0.426 e. The molecule has 2 heterocycles. The van der Waals surface area contributed by atoms with E-state index in [2.05, 4.69) is 19.2 Å². The van der Waals surface area contributed by atoms with Crippen LogP contribution in [-0.4, -0.2) is 11.8 Å². The van der Waals surface area contributed by atoms with E-state index in [9.17, 15) is 14.4 Å². The third-order valence-electron chi connectivity index (χ3n) is 2.91. The predicted octanol–water partition coefficient (Wildman–Crippen LogP) is 1.04. The quantitative estimate of drug-likeness (QED) is 0.812. The molecule has 18 heavy (non-hydrogen) atoms. The van der Waals surface area contributed by atoms with Gasteiger partial charge in [-0.2, -0.15) is 0 Å². The topological polar surface area (TPSA) is 76.4 Å². The number of imide groups is 1. The summed E-state index contributed by atoms with van der Waals surface area (Å²) in [7, 11) is 0. The number of fused-ring (bicyclic) bond motifs is 1. The summed E-state index contributed by atoms with van der Waals surface area (Å²) in [4.78, 5) is 34.4. The van der Waals surface area contributed by atoms with E-state index in [0.717, 1.165) is 6.42 Å². The van der Waals surface area contributed by atoms with Crippen molar-refractivity contribution >= 4 is 11.8 Å². The van der Waals surface area contributed by atoms with Crippen LogP contribution in [0.4, 0.5) is 0 Å². The smallest absolute Gasteiger partial charge is 0.336 e. The summed E-state index contributed by atoms with van der Waals surface area (Å²) in [6.07, 6.45) is 1.45. The number of nitrogens with one attached hydrogen (secondary N) is 1. The molecule has 0 atom stereocenters.